The molecule has 78 heavy (non-hydrogen) atoms. The molecule has 0 spiro atoms. The van der Waals surface area contributed by atoms with Gasteiger partial charge in [-0.2, -0.15) is 0 Å². The molecule has 0 aromatic carbocycles. The second-order valence-corrected chi connectivity index (χ2v) is 27.8. The topological polar surface area (TPSA) is 142 Å². The van der Waals surface area contributed by atoms with Crippen LogP contribution in [0.15, 0.2) is 93.4 Å². The Morgan fingerprint density at radius 2 is 0.974 bits per heavy atom. The highest BCUT2D eigenvalue weighted by molar-refractivity contribution is 7.57. The summed E-state index contributed by atoms with van der Waals surface area (Å²) >= 11 is 0. The zero-order valence-electron chi connectivity index (χ0n) is 52.1. The number of allylic oxidation sites excluding steroid dienone is 15. The zero-order valence-corrected chi connectivity index (χ0v) is 55.6. The number of aldehydes is 1. The van der Waals surface area contributed by atoms with Gasteiger partial charge in [-0.3, -0.25) is 13.7 Å². The maximum absolute atomic E-state index is 12.5. The first-order valence-electron chi connectivity index (χ1n) is 28.5. The van der Waals surface area contributed by atoms with E-state index in [1.165, 1.54) is 91.2 Å². The van der Waals surface area contributed by atoms with Gasteiger partial charge in [0, 0.05) is 11.7 Å². The van der Waals surface area contributed by atoms with Crippen molar-refractivity contribution in [3.05, 3.63) is 93.4 Å². The normalized spacial score (nSPS) is 18.4. The van der Waals surface area contributed by atoms with E-state index in [1.807, 2.05) is 87.5 Å². The summed E-state index contributed by atoms with van der Waals surface area (Å²) < 4.78 is 66.5. The molecule has 454 valence electrons. The minimum absolute atomic E-state index is 0. The summed E-state index contributed by atoms with van der Waals surface area (Å²) in [5.74, 6) is 2.30. The molecular weight excluding hydrogens is 1060 g/mol. The molecule has 0 bridgehead atoms. The summed E-state index contributed by atoms with van der Waals surface area (Å²) in [6, 6.07) is 0. The molecule has 0 radical (unpaired) electrons. The van der Waals surface area contributed by atoms with Gasteiger partial charge in [-0.25, -0.2) is 9.78 Å². The average Bonchev–Trinajstić information content (AvgIpc) is 3.35. The molecule has 2 unspecified atom stereocenters. The van der Waals surface area contributed by atoms with Gasteiger partial charge >= 0.3 is 15.2 Å². The van der Waals surface area contributed by atoms with Crippen LogP contribution in [-0.4, -0.2) is 79.6 Å². The highest BCUT2D eigenvalue weighted by Gasteiger charge is 2.29. The van der Waals surface area contributed by atoms with Crippen LogP contribution >= 0.6 is 32.0 Å². The number of rotatable bonds is 28. The fourth-order valence-electron chi connectivity index (χ4n) is 9.06. The van der Waals surface area contributed by atoms with Crippen LogP contribution in [0.3, 0.4) is 0 Å². The predicted octanol–water partition coefficient (Wildman–Crippen LogP) is 18.8. The molecule has 0 saturated heterocycles. The molecule has 0 aromatic heterocycles. The van der Waals surface area contributed by atoms with Crippen molar-refractivity contribution in [2.45, 2.75) is 196 Å². The van der Waals surface area contributed by atoms with Crippen molar-refractivity contribution in [1.82, 2.24) is 0 Å². The maximum atomic E-state index is 12.5. The summed E-state index contributed by atoms with van der Waals surface area (Å²) in [5, 5.41) is 0. The van der Waals surface area contributed by atoms with E-state index in [-0.39, 0.29) is 45.0 Å². The first-order valence-corrected chi connectivity index (χ1v) is 34.2. The van der Waals surface area contributed by atoms with Gasteiger partial charge in [0.15, 0.2) is 16.8 Å². The van der Waals surface area contributed by atoms with Crippen LogP contribution in [0.5, 0.6) is 0 Å². The molecule has 0 amide bonds. The maximum Gasteiger partial charge on any atom is 0.353 e. The van der Waals surface area contributed by atoms with E-state index in [1.54, 1.807) is 5.82 Å². The molecule has 2 atom stereocenters. The minimum Gasteiger partial charge on any atom is -0.334 e. The lowest BCUT2D eigenvalue weighted by atomic mass is 9.72. The Bertz CT molecular complexity index is 1990. The summed E-state index contributed by atoms with van der Waals surface area (Å²) in [5.41, 5.74) is 10.6. The van der Waals surface area contributed by atoms with Crippen molar-refractivity contribution in [1.29, 1.82) is 0 Å². The number of carbonyl (C=O) groups is 1. The molecular formula is C61H114BO12P4-. The van der Waals surface area contributed by atoms with Crippen molar-refractivity contribution in [2.75, 3.05) is 64.9 Å². The van der Waals surface area contributed by atoms with Crippen molar-refractivity contribution < 1.29 is 55.4 Å². The van der Waals surface area contributed by atoms with Gasteiger partial charge in [0.25, 0.3) is 0 Å². The number of carbonyl (C=O) groups excluding carboxylic acids is 1. The summed E-state index contributed by atoms with van der Waals surface area (Å²) in [4.78, 5) is 19.5. The summed E-state index contributed by atoms with van der Waals surface area (Å²) in [7, 11) is -6.87. The van der Waals surface area contributed by atoms with Crippen molar-refractivity contribution in [2.24, 2.45) is 28.1 Å². The van der Waals surface area contributed by atoms with E-state index in [0.717, 1.165) is 11.9 Å². The Balaban J connectivity index is -0.000000957. The van der Waals surface area contributed by atoms with E-state index in [4.69, 9.17) is 27.1 Å². The molecule has 0 N–H and O–H groups in total. The molecule has 0 aromatic rings. The second-order valence-electron chi connectivity index (χ2n) is 21.2. The Kier molecular flexibility index (Phi) is 46.3. The van der Waals surface area contributed by atoms with Crippen LogP contribution in [0.4, 0.5) is 0 Å². The zero-order chi connectivity index (χ0) is 59.1. The largest absolute Gasteiger partial charge is 0.353 e. The van der Waals surface area contributed by atoms with E-state index < -0.39 is 23.6 Å². The van der Waals surface area contributed by atoms with Gasteiger partial charge in [-0.15, -0.1) is 0 Å². The standard InChI is InChI=1S/2C19H33O3P.C14H22O.C5H12O3P2.C4H10O2.BH4/c2*1-7-21-23(20,22-8-2)15-13-16(3)11-12-18-17(4)10-9-14-19(18,5)6;1-11(10-15)7-8-13-12(2)6-5-9-14(13,3)4;1-3-7-10(5-9-6)8-4-2;1-3-5-6-4-2;/h11-13H,7-10,14-15H2,1-6H3;11-13,15-16H,7-10,14H2,1-6H3;7-8,10-11H,5-6,9H2,1-4H3;3-5H2,1-2H3;3-4H2,1-2H3;1H4/q;;;;;-1/b12-11+,16-13+;12-11+,15-13+;8-7+;;;. The average molecular weight is 1170 g/mol. The molecule has 0 fully saturated rings. The van der Waals surface area contributed by atoms with Crippen LogP contribution in [0.1, 0.15) is 196 Å². The van der Waals surface area contributed by atoms with E-state index >= 15 is 0 Å². The molecule has 0 aliphatic heterocycles. The predicted molar refractivity (Wildman–Crippen MR) is 340 cm³/mol. The monoisotopic (exact) mass is 1170 g/mol. The Morgan fingerprint density at radius 1 is 0.590 bits per heavy atom. The van der Waals surface area contributed by atoms with Gasteiger partial charge in [-0.05, 0) is 180 Å². The fraction of sp³-hybridized carbons (Fsp3) is 0.721. The third-order valence-corrected chi connectivity index (χ3v) is 19.2. The summed E-state index contributed by atoms with van der Waals surface area (Å²) in [6.07, 6.45) is 29.3. The lowest BCUT2D eigenvalue weighted by molar-refractivity contribution is -0.287. The highest BCUT2D eigenvalue weighted by atomic mass is 31.2. The molecule has 3 aliphatic carbocycles. The SMILES string of the molecule is CC1=C(/C=C/C(C)C=O)C(C)(C)CCC1.CCOOCC.CCOP(=O)(/C=C/C(C)/C=C/C1=C(C)CCCC1(C)C)OCC.CCOP(=O)(C/C=C(C)/C=C/C1=C(C)CCCC1(C)C)OCC.CCOP(CP=O)OCC.[BH4-]. The molecule has 3 aliphatic rings. The highest BCUT2D eigenvalue weighted by Crippen LogP contribution is 2.50. The van der Waals surface area contributed by atoms with Crippen LogP contribution in [0, 0.1) is 28.1 Å². The lowest BCUT2D eigenvalue weighted by Crippen LogP contribution is -2.19. The minimum atomic E-state index is -3.09. The van der Waals surface area contributed by atoms with Crippen molar-refractivity contribution in [3.63, 3.8) is 0 Å². The molecule has 12 nitrogen and oxygen atoms in total. The second kappa shape index (κ2) is 44.8. The van der Waals surface area contributed by atoms with E-state index in [0.29, 0.717) is 64.9 Å². The Labute approximate surface area is 482 Å². The number of hydrogen-bond donors (Lipinski definition) is 0. The Morgan fingerprint density at radius 3 is 1.31 bits per heavy atom. The Hall–Kier alpha value is -1.68. The van der Waals surface area contributed by atoms with Gasteiger partial charge in [0.2, 0.25) is 0 Å². The van der Waals surface area contributed by atoms with Gasteiger partial charge in [-0.1, -0.05) is 135 Å². The van der Waals surface area contributed by atoms with Gasteiger partial charge in [0.1, 0.15) is 6.29 Å². The molecule has 0 heterocycles. The third-order valence-electron chi connectivity index (χ3n) is 13.0. The van der Waals surface area contributed by atoms with E-state index in [2.05, 4.69) is 109 Å². The summed E-state index contributed by atoms with van der Waals surface area (Å²) in [6.45, 7) is 45.5. The van der Waals surface area contributed by atoms with Crippen molar-refractivity contribution in [3.8, 4) is 0 Å². The molecule has 0 saturated carbocycles. The third kappa shape index (κ3) is 35.3. The van der Waals surface area contributed by atoms with Crippen LogP contribution in [-0.2, 0) is 55.4 Å². The first kappa shape index (κ1) is 80.5. The first-order chi connectivity index (χ1) is 36.2. The van der Waals surface area contributed by atoms with Crippen LogP contribution in [0.2, 0.25) is 0 Å². The van der Waals surface area contributed by atoms with Crippen LogP contribution < -0.4 is 0 Å². The smallest absolute Gasteiger partial charge is 0.334 e. The van der Waals surface area contributed by atoms with Gasteiger partial charge in [0.05, 0.1) is 64.9 Å². The molecule has 17 heteroatoms. The van der Waals surface area contributed by atoms with Gasteiger partial charge < -0.3 is 31.9 Å². The van der Waals surface area contributed by atoms with E-state index in [9.17, 15) is 18.5 Å². The fourth-order valence-corrected chi connectivity index (χ4v) is 13.8. The number of hydrogen-bond acceptors (Lipinski definition) is 12. The molecule has 3 rings (SSSR count). The van der Waals surface area contributed by atoms with Crippen LogP contribution in [0.25, 0.3) is 0 Å². The lowest BCUT2D eigenvalue weighted by Gasteiger charge is -2.33. The van der Waals surface area contributed by atoms with Crippen molar-refractivity contribution >= 4 is 46.7 Å². The quantitative estimate of drug-likeness (QED) is 0.0140.